The van der Waals surface area contributed by atoms with Crippen LogP contribution in [-0.2, 0) is 16.1 Å². The van der Waals surface area contributed by atoms with Gasteiger partial charge in [-0.3, -0.25) is 9.59 Å². The Balaban J connectivity index is 2.51. The second kappa shape index (κ2) is 6.95. The molecule has 0 saturated carbocycles. The fourth-order valence-corrected chi connectivity index (χ4v) is 2.70. The van der Waals surface area contributed by atoms with Gasteiger partial charge in [0, 0.05) is 12.1 Å². The first kappa shape index (κ1) is 18.2. The SMILES string of the molecule is Cc1ccc(CNC(=O)C(=O)NC(C)(C)CC(C)(C)C)cc1. The van der Waals surface area contributed by atoms with Gasteiger partial charge in [-0.1, -0.05) is 50.6 Å². The van der Waals surface area contributed by atoms with Crippen LogP contribution >= 0.6 is 0 Å². The van der Waals surface area contributed by atoms with Crippen molar-refractivity contribution in [2.45, 2.75) is 60.0 Å². The maximum Gasteiger partial charge on any atom is 0.309 e. The molecule has 0 radical (unpaired) electrons. The first-order valence-corrected chi connectivity index (χ1v) is 7.64. The van der Waals surface area contributed by atoms with Crippen molar-refractivity contribution in [1.82, 2.24) is 10.6 Å². The first-order valence-electron chi connectivity index (χ1n) is 7.64. The van der Waals surface area contributed by atoms with Gasteiger partial charge >= 0.3 is 11.8 Å². The van der Waals surface area contributed by atoms with Gasteiger partial charge in [0.05, 0.1) is 0 Å². The molecule has 4 nitrogen and oxygen atoms in total. The van der Waals surface area contributed by atoms with Crippen molar-refractivity contribution in [3.63, 3.8) is 0 Å². The van der Waals surface area contributed by atoms with Crippen LogP contribution < -0.4 is 10.6 Å². The molecule has 0 fully saturated rings. The van der Waals surface area contributed by atoms with Gasteiger partial charge in [-0.15, -0.1) is 0 Å². The van der Waals surface area contributed by atoms with E-state index in [4.69, 9.17) is 0 Å². The maximum atomic E-state index is 12.0. The third kappa shape index (κ3) is 6.74. The molecule has 0 aliphatic heterocycles. The summed E-state index contributed by atoms with van der Waals surface area (Å²) in [4.78, 5) is 23.9. The summed E-state index contributed by atoms with van der Waals surface area (Å²) in [5, 5.41) is 5.46. The fourth-order valence-electron chi connectivity index (χ4n) is 2.70. The average Bonchev–Trinajstić information content (AvgIpc) is 2.34. The maximum absolute atomic E-state index is 12.0. The van der Waals surface area contributed by atoms with Crippen LogP contribution in [0.1, 0.15) is 52.2 Å². The number of benzene rings is 1. The molecule has 1 aromatic rings. The second-order valence-corrected chi connectivity index (χ2v) is 7.74. The van der Waals surface area contributed by atoms with Crippen LogP contribution in [0.2, 0.25) is 0 Å². The topological polar surface area (TPSA) is 58.2 Å². The van der Waals surface area contributed by atoms with Crippen LogP contribution in [0.4, 0.5) is 0 Å². The van der Waals surface area contributed by atoms with E-state index >= 15 is 0 Å². The Bertz CT molecular complexity index is 525. The zero-order valence-corrected chi connectivity index (χ0v) is 14.5. The van der Waals surface area contributed by atoms with Gasteiger partial charge in [0.2, 0.25) is 0 Å². The van der Waals surface area contributed by atoms with Crippen molar-refractivity contribution in [1.29, 1.82) is 0 Å². The number of nitrogens with one attached hydrogen (secondary N) is 2. The molecule has 1 rings (SSSR count). The molecule has 0 bridgehead atoms. The Morgan fingerprint density at radius 2 is 1.50 bits per heavy atom. The normalized spacial score (nSPS) is 11.9. The summed E-state index contributed by atoms with van der Waals surface area (Å²) < 4.78 is 0. The second-order valence-electron chi connectivity index (χ2n) is 7.74. The summed E-state index contributed by atoms with van der Waals surface area (Å²) in [6.07, 6.45) is 0.789. The van der Waals surface area contributed by atoms with Gasteiger partial charge < -0.3 is 10.6 Å². The Morgan fingerprint density at radius 1 is 0.955 bits per heavy atom. The average molecular weight is 304 g/mol. The minimum absolute atomic E-state index is 0.0785. The summed E-state index contributed by atoms with van der Waals surface area (Å²) in [7, 11) is 0. The minimum Gasteiger partial charge on any atom is -0.344 e. The minimum atomic E-state index is -0.595. The molecule has 22 heavy (non-hydrogen) atoms. The summed E-state index contributed by atoms with van der Waals surface area (Å²) in [5.74, 6) is -1.18. The van der Waals surface area contributed by atoms with Crippen LogP contribution in [0.3, 0.4) is 0 Å². The van der Waals surface area contributed by atoms with E-state index in [1.807, 2.05) is 45.0 Å². The number of carbonyl (C=O) groups excluding carboxylic acids is 2. The van der Waals surface area contributed by atoms with Crippen molar-refractivity contribution >= 4 is 11.8 Å². The molecule has 0 aliphatic rings. The lowest BCUT2D eigenvalue weighted by Crippen LogP contribution is -2.51. The number of hydrogen-bond donors (Lipinski definition) is 2. The predicted molar refractivity (Wildman–Crippen MR) is 89.3 cm³/mol. The lowest BCUT2D eigenvalue weighted by atomic mass is 9.82. The van der Waals surface area contributed by atoms with Gasteiger partial charge in [-0.05, 0) is 38.2 Å². The zero-order valence-electron chi connectivity index (χ0n) is 14.5. The number of rotatable bonds is 4. The predicted octanol–water partition coefficient (Wildman–Crippen LogP) is 2.94. The molecule has 0 spiro atoms. The molecule has 0 atom stereocenters. The van der Waals surface area contributed by atoms with Crippen LogP contribution in [0, 0.1) is 12.3 Å². The molecular weight excluding hydrogens is 276 g/mol. The fraction of sp³-hybridized carbons (Fsp3) is 0.556. The highest BCUT2D eigenvalue weighted by atomic mass is 16.2. The highest BCUT2D eigenvalue weighted by Gasteiger charge is 2.29. The Kier molecular flexibility index (Phi) is 5.75. The van der Waals surface area contributed by atoms with E-state index in [1.165, 1.54) is 0 Å². The third-order valence-corrected chi connectivity index (χ3v) is 3.20. The lowest BCUT2D eigenvalue weighted by molar-refractivity contribution is -0.140. The molecule has 0 unspecified atom stereocenters. The molecule has 4 heteroatoms. The zero-order chi connectivity index (χ0) is 17.0. The molecule has 1 aromatic carbocycles. The smallest absolute Gasteiger partial charge is 0.309 e. The van der Waals surface area contributed by atoms with E-state index < -0.39 is 17.4 Å². The number of hydrogen-bond acceptors (Lipinski definition) is 2. The number of carbonyl (C=O) groups is 2. The van der Waals surface area contributed by atoms with Gasteiger partial charge in [0.15, 0.2) is 0 Å². The number of aryl methyl sites for hydroxylation is 1. The summed E-state index contributed by atoms with van der Waals surface area (Å²) >= 11 is 0. The van der Waals surface area contributed by atoms with Gasteiger partial charge in [0.1, 0.15) is 0 Å². The quantitative estimate of drug-likeness (QED) is 0.840. The van der Waals surface area contributed by atoms with Crippen LogP contribution in [0.15, 0.2) is 24.3 Å². The monoisotopic (exact) mass is 304 g/mol. The Labute approximate surface area is 133 Å². The van der Waals surface area contributed by atoms with Crippen molar-refractivity contribution < 1.29 is 9.59 Å². The van der Waals surface area contributed by atoms with Crippen molar-refractivity contribution in [2.75, 3.05) is 0 Å². The van der Waals surface area contributed by atoms with Crippen LogP contribution in [0.25, 0.3) is 0 Å². The van der Waals surface area contributed by atoms with E-state index in [0.29, 0.717) is 6.54 Å². The molecule has 0 aromatic heterocycles. The van der Waals surface area contributed by atoms with Gasteiger partial charge in [-0.25, -0.2) is 0 Å². The molecular formula is C18H28N2O2. The van der Waals surface area contributed by atoms with Crippen molar-refractivity contribution in [2.24, 2.45) is 5.41 Å². The number of amides is 2. The molecule has 0 aliphatic carbocycles. The molecule has 122 valence electrons. The highest BCUT2D eigenvalue weighted by molar-refractivity contribution is 6.35. The molecule has 0 heterocycles. The standard InChI is InChI=1S/C18H28N2O2/c1-13-7-9-14(10-8-13)11-19-15(21)16(22)20-18(5,6)12-17(2,3)4/h7-10H,11-12H2,1-6H3,(H,19,21)(H,20,22). The van der Waals surface area contributed by atoms with Crippen LogP contribution in [-0.4, -0.2) is 17.4 Å². The van der Waals surface area contributed by atoms with E-state index in [0.717, 1.165) is 17.5 Å². The summed E-state index contributed by atoms with van der Waals surface area (Å²) in [6.45, 7) is 12.6. The van der Waals surface area contributed by atoms with E-state index in [9.17, 15) is 9.59 Å². The Hall–Kier alpha value is -1.84. The lowest BCUT2D eigenvalue weighted by Gasteiger charge is -2.33. The molecule has 2 amide bonds. The van der Waals surface area contributed by atoms with E-state index in [1.54, 1.807) is 0 Å². The van der Waals surface area contributed by atoms with Crippen LogP contribution in [0.5, 0.6) is 0 Å². The Morgan fingerprint density at radius 3 is 2.00 bits per heavy atom. The largest absolute Gasteiger partial charge is 0.344 e. The summed E-state index contributed by atoms with van der Waals surface area (Å²) in [5.41, 5.74) is 1.79. The highest BCUT2D eigenvalue weighted by Crippen LogP contribution is 2.26. The van der Waals surface area contributed by atoms with Crippen molar-refractivity contribution in [3.8, 4) is 0 Å². The first-order chi connectivity index (χ1) is 9.98. The molecule has 0 saturated heterocycles. The van der Waals surface area contributed by atoms with Crippen molar-refractivity contribution in [3.05, 3.63) is 35.4 Å². The van der Waals surface area contributed by atoms with Gasteiger partial charge in [0.25, 0.3) is 0 Å². The third-order valence-electron chi connectivity index (χ3n) is 3.20. The van der Waals surface area contributed by atoms with Gasteiger partial charge in [-0.2, -0.15) is 0 Å². The summed E-state index contributed by atoms with van der Waals surface area (Å²) in [6, 6.07) is 7.84. The van der Waals surface area contributed by atoms with E-state index in [-0.39, 0.29) is 5.41 Å². The van der Waals surface area contributed by atoms with E-state index in [2.05, 4.69) is 31.4 Å². The molecule has 2 N–H and O–H groups in total.